The summed E-state index contributed by atoms with van der Waals surface area (Å²) in [5.41, 5.74) is 1.10. The minimum absolute atomic E-state index is 0.152. The standard InChI is InChI=1S/C20H19FN8O3/c1-23-17-7-16(25-13-5-11(21)6-15-18(13)32-3-2-31-15)28-19-14(9-24-29(17)19)27-20(30)26-12-4-10(12)8-22/h5-7,9-10,12,23H,2-4H2,1H3,(H,25,28)(H2,26,27,30)/t10-,12-/m1/s1. The minimum atomic E-state index is -0.481. The van der Waals surface area contributed by atoms with E-state index in [1.165, 1.54) is 22.8 Å². The number of nitrogens with zero attached hydrogens (tertiary/aromatic N) is 4. The molecule has 2 atom stereocenters. The van der Waals surface area contributed by atoms with Crippen molar-refractivity contribution in [2.24, 2.45) is 5.92 Å². The fourth-order valence-corrected chi connectivity index (χ4v) is 3.47. The molecule has 1 aliphatic heterocycles. The van der Waals surface area contributed by atoms with Crippen LogP contribution in [0.5, 0.6) is 11.5 Å². The van der Waals surface area contributed by atoms with Crippen LogP contribution in [0.1, 0.15) is 6.42 Å². The number of urea groups is 1. The third-order valence-electron chi connectivity index (χ3n) is 5.12. The first-order valence-electron chi connectivity index (χ1n) is 9.95. The van der Waals surface area contributed by atoms with Crippen molar-refractivity contribution in [2.45, 2.75) is 12.5 Å². The first kappa shape index (κ1) is 19.7. The number of hydrogen-bond acceptors (Lipinski definition) is 8. The van der Waals surface area contributed by atoms with Crippen LogP contribution in [-0.4, -0.2) is 46.9 Å². The van der Waals surface area contributed by atoms with E-state index in [1.54, 1.807) is 13.1 Å². The molecule has 3 aromatic rings. The fraction of sp³-hybridized carbons (Fsp3) is 0.300. The number of nitriles is 1. The summed E-state index contributed by atoms with van der Waals surface area (Å²) in [6.45, 7) is 0.688. The van der Waals surface area contributed by atoms with E-state index >= 15 is 0 Å². The van der Waals surface area contributed by atoms with E-state index in [2.05, 4.69) is 37.4 Å². The number of fused-ring (bicyclic) bond motifs is 2. The molecule has 1 aliphatic carbocycles. The molecule has 12 heteroatoms. The van der Waals surface area contributed by atoms with Gasteiger partial charge in [-0.15, -0.1) is 0 Å². The Morgan fingerprint density at radius 3 is 2.91 bits per heavy atom. The molecule has 1 fully saturated rings. The first-order chi connectivity index (χ1) is 15.6. The Morgan fingerprint density at radius 2 is 2.12 bits per heavy atom. The summed E-state index contributed by atoms with van der Waals surface area (Å²) in [4.78, 5) is 16.8. The molecule has 164 valence electrons. The quantitative estimate of drug-likeness (QED) is 0.477. The molecular formula is C20H19FN8O3. The normalized spacial score (nSPS) is 18.5. The Bertz CT molecular complexity index is 1250. The maximum atomic E-state index is 14.1. The van der Waals surface area contributed by atoms with Crippen molar-refractivity contribution in [3.05, 3.63) is 30.2 Å². The van der Waals surface area contributed by atoms with Crippen molar-refractivity contribution in [3.63, 3.8) is 0 Å². The second-order valence-electron chi connectivity index (χ2n) is 7.35. The molecule has 2 amide bonds. The van der Waals surface area contributed by atoms with Crippen molar-refractivity contribution in [3.8, 4) is 17.6 Å². The molecular weight excluding hydrogens is 419 g/mol. The molecule has 32 heavy (non-hydrogen) atoms. The Kier molecular flexibility index (Phi) is 4.78. The molecule has 0 saturated heterocycles. The number of anilines is 4. The van der Waals surface area contributed by atoms with Crippen LogP contribution >= 0.6 is 0 Å². The first-order valence-corrected chi connectivity index (χ1v) is 9.95. The lowest BCUT2D eigenvalue weighted by Gasteiger charge is -2.21. The summed E-state index contributed by atoms with van der Waals surface area (Å²) in [7, 11) is 1.72. The maximum Gasteiger partial charge on any atom is 0.319 e. The Labute approximate surface area is 181 Å². The number of carbonyl (C=O) groups is 1. The summed E-state index contributed by atoms with van der Waals surface area (Å²) >= 11 is 0. The predicted octanol–water partition coefficient (Wildman–Crippen LogP) is 2.46. The highest BCUT2D eigenvalue weighted by molar-refractivity contribution is 5.94. The van der Waals surface area contributed by atoms with Gasteiger partial charge in [-0.2, -0.15) is 14.9 Å². The smallest absolute Gasteiger partial charge is 0.319 e. The van der Waals surface area contributed by atoms with Crippen molar-refractivity contribution >= 4 is 34.7 Å². The molecule has 3 heterocycles. The van der Waals surface area contributed by atoms with Crippen LogP contribution in [0.15, 0.2) is 24.4 Å². The topological polar surface area (TPSA) is 138 Å². The van der Waals surface area contributed by atoms with E-state index in [-0.39, 0.29) is 12.0 Å². The van der Waals surface area contributed by atoms with Crippen molar-refractivity contribution in [1.82, 2.24) is 19.9 Å². The molecule has 2 aliphatic rings. The lowest BCUT2D eigenvalue weighted by atomic mass is 10.2. The van der Waals surface area contributed by atoms with E-state index in [0.29, 0.717) is 59.8 Å². The Morgan fingerprint density at radius 1 is 1.28 bits per heavy atom. The van der Waals surface area contributed by atoms with Crippen LogP contribution in [0.4, 0.5) is 32.2 Å². The Balaban J connectivity index is 1.45. The molecule has 0 radical (unpaired) electrons. The predicted molar refractivity (Wildman–Crippen MR) is 113 cm³/mol. The number of benzene rings is 1. The number of aromatic nitrogens is 3. The highest BCUT2D eigenvalue weighted by Crippen LogP contribution is 2.40. The monoisotopic (exact) mass is 438 g/mol. The number of carbonyl (C=O) groups excluding carboxylic acids is 1. The van der Waals surface area contributed by atoms with Gasteiger partial charge in [-0.1, -0.05) is 0 Å². The van der Waals surface area contributed by atoms with Gasteiger partial charge in [0, 0.05) is 31.3 Å². The summed E-state index contributed by atoms with van der Waals surface area (Å²) in [6.07, 6.45) is 2.11. The molecule has 5 rings (SSSR count). The second-order valence-corrected chi connectivity index (χ2v) is 7.35. The largest absolute Gasteiger partial charge is 0.486 e. The average Bonchev–Trinajstić information content (AvgIpc) is 3.42. The lowest BCUT2D eigenvalue weighted by molar-refractivity contribution is 0.172. The number of hydrogen-bond donors (Lipinski definition) is 4. The summed E-state index contributed by atoms with van der Waals surface area (Å²) in [6, 6.07) is 5.77. The molecule has 0 bridgehead atoms. The lowest BCUT2D eigenvalue weighted by Crippen LogP contribution is -2.31. The zero-order valence-corrected chi connectivity index (χ0v) is 17.0. The van der Waals surface area contributed by atoms with Gasteiger partial charge in [0.2, 0.25) is 0 Å². The minimum Gasteiger partial charge on any atom is -0.486 e. The van der Waals surface area contributed by atoms with Gasteiger partial charge in [-0.25, -0.2) is 14.2 Å². The van der Waals surface area contributed by atoms with Gasteiger partial charge in [-0.05, 0) is 6.42 Å². The molecule has 11 nitrogen and oxygen atoms in total. The zero-order chi connectivity index (χ0) is 22.2. The van der Waals surface area contributed by atoms with E-state index in [1.807, 2.05) is 0 Å². The zero-order valence-electron chi connectivity index (χ0n) is 17.0. The number of amides is 2. The van der Waals surface area contributed by atoms with Gasteiger partial charge in [-0.3, -0.25) is 0 Å². The average molecular weight is 438 g/mol. The van der Waals surface area contributed by atoms with Crippen LogP contribution < -0.4 is 30.7 Å². The summed E-state index contributed by atoms with van der Waals surface area (Å²) < 4.78 is 26.7. The van der Waals surface area contributed by atoms with Crippen molar-refractivity contribution in [2.75, 3.05) is 36.2 Å². The number of rotatable bonds is 5. The van der Waals surface area contributed by atoms with E-state index in [0.717, 1.165) is 0 Å². The van der Waals surface area contributed by atoms with Crippen LogP contribution in [0.2, 0.25) is 0 Å². The van der Waals surface area contributed by atoms with Crippen LogP contribution in [0.3, 0.4) is 0 Å². The van der Waals surface area contributed by atoms with Gasteiger partial charge in [0.1, 0.15) is 36.4 Å². The third kappa shape index (κ3) is 3.64. The van der Waals surface area contributed by atoms with Crippen molar-refractivity contribution in [1.29, 1.82) is 5.26 Å². The van der Waals surface area contributed by atoms with Crippen molar-refractivity contribution < 1.29 is 18.7 Å². The summed E-state index contributed by atoms with van der Waals surface area (Å²) in [5.74, 6) is 1.03. The van der Waals surface area contributed by atoms with E-state index in [9.17, 15) is 9.18 Å². The van der Waals surface area contributed by atoms with Crippen LogP contribution in [0, 0.1) is 23.1 Å². The molecule has 1 aromatic carbocycles. The maximum absolute atomic E-state index is 14.1. The van der Waals surface area contributed by atoms with E-state index < -0.39 is 11.8 Å². The number of halogens is 1. The third-order valence-corrected chi connectivity index (χ3v) is 5.12. The molecule has 0 unspecified atom stereocenters. The van der Waals surface area contributed by atoms with Gasteiger partial charge in [0.05, 0.1) is 23.9 Å². The second kappa shape index (κ2) is 7.77. The number of ether oxygens (including phenoxy) is 2. The van der Waals surface area contributed by atoms with Crippen LogP contribution in [0.25, 0.3) is 5.65 Å². The van der Waals surface area contributed by atoms with Gasteiger partial charge in [0.25, 0.3) is 0 Å². The fourth-order valence-electron chi connectivity index (χ4n) is 3.47. The van der Waals surface area contributed by atoms with Gasteiger partial charge >= 0.3 is 6.03 Å². The molecule has 4 N–H and O–H groups in total. The van der Waals surface area contributed by atoms with Crippen LogP contribution in [-0.2, 0) is 0 Å². The number of nitrogens with one attached hydrogen (secondary N) is 4. The molecule has 0 spiro atoms. The van der Waals surface area contributed by atoms with Gasteiger partial charge < -0.3 is 30.7 Å². The molecule has 1 saturated carbocycles. The van der Waals surface area contributed by atoms with E-state index in [4.69, 9.17) is 14.7 Å². The Hall–Kier alpha value is -4.27. The molecule has 2 aromatic heterocycles. The highest BCUT2D eigenvalue weighted by atomic mass is 19.1. The summed E-state index contributed by atoms with van der Waals surface area (Å²) in [5, 5.41) is 24.7. The SMILES string of the molecule is CNc1cc(Nc2cc(F)cc3c2OCCO3)nc2c(NC(=O)N[C@@H]3C[C@@H]3C#N)cnn12. The van der Waals surface area contributed by atoms with Gasteiger partial charge in [0.15, 0.2) is 17.1 Å². The highest BCUT2D eigenvalue weighted by Gasteiger charge is 2.38.